The topological polar surface area (TPSA) is 75.4 Å². The Morgan fingerprint density at radius 3 is 2.50 bits per heavy atom. The molecule has 1 rings (SSSR count). The van der Waals surface area contributed by atoms with E-state index in [0.717, 1.165) is 4.57 Å². The summed E-state index contributed by atoms with van der Waals surface area (Å²) in [5.74, 6) is 0.464. The van der Waals surface area contributed by atoms with Crippen LogP contribution < -0.4 is 0 Å². The van der Waals surface area contributed by atoms with E-state index < -0.39 is 12.2 Å². The lowest BCUT2D eigenvalue weighted by Gasteiger charge is -2.02. The van der Waals surface area contributed by atoms with Crippen molar-refractivity contribution >= 4 is 6.09 Å². The Hall–Kier alpha value is -1.36. The van der Waals surface area contributed by atoms with Gasteiger partial charge in [0.25, 0.3) is 0 Å². The summed E-state index contributed by atoms with van der Waals surface area (Å²) in [5.41, 5.74) is 0.925. The van der Waals surface area contributed by atoms with E-state index in [2.05, 4.69) is 4.98 Å². The van der Waals surface area contributed by atoms with E-state index in [-0.39, 0.29) is 0 Å². The van der Waals surface area contributed by atoms with Gasteiger partial charge in [-0.1, -0.05) is 6.92 Å². The first kappa shape index (κ1) is 10.7. The summed E-state index contributed by atoms with van der Waals surface area (Å²) in [5, 5.41) is 18.3. The van der Waals surface area contributed by atoms with Gasteiger partial charge in [0, 0.05) is 6.42 Å². The molecule has 14 heavy (non-hydrogen) atoms. The third-order valence-electron chi connectivity index (χ3n) is 2.12. The number of aryl methyl sites for hydroxylation is 1. The fourth-order valence-electron chi connectivity index (χ4n) is 1.46. The second-order valence-corrected chi connectivity index (χ2v) is 3.15. The van der Waals surface area contributed by atoms with Crippen molar-refractivity contribution in [3.8, 4) is 0 Å². The van der Waals surface area contributed by atoms with E-state index in [9.17, 15) is 9.90 Å². The van der Waals surface area contributed by atoms with Gasteiger partial charge >= 0.3 is 6.09 Å². The van der Waals surface area contributed by atoms with Gasteiger partial charge in [-0.3, -0.25) is 0 Å². The van der Waals surface area contributed by atoms with Crippen LogP contribution in [0.4, 0.5) is 4.79 Å². The number of aliphatic hydroxyl groups is 1. The molecule has 78 valence electrons. The molecule has 0 aliphatic carbocycles. The molecule has 0 radical (unpaired) electrons. The summed E-state index contributed by atoms with van der Waals surface area (Å²) in [6, 6.07) is 0. The standard InChI is InChI=1S/C9H14N2O3/c1-4-7-10-8(6(3)12)5(2)11(7)9(13)14/h6,12H,4H2,1-3H3,(H,13,14). The van der Waals surface area contributed by atoms with Crippen LogP contribution in [-0.4, -0.2) is 25.9 Å². The monoisotopic (exact) mass is 198 g/mol. The van der Waals surface area contributed by atoms with Gasteiger partial charge in [0.2, 0.25) is 0 Å². The summed E-state index contributed by atoms with van der Waals surface area (Å²) in [6.07, 6.45) is -1.26. The number of rotatable bonds is 2. The smallest absolute Gasteiger partial charge is 0.417 e. The van der Waals surface area contributed by atoms with Crippen molar-refractivity contribution in [1.82, 2.24) is 9.55 Å². The average molecular weight is 198 g/mol. The van der Waals surface area contributed by atoms with Crippen molar-refractivity contribution in [1.29, 1.82) is 0 Å². The zero-order valence-electron chi connectivity index (χ0n) is 8.48. The molecule has 0 aromatic carbocycles. The molecule has 1 aromatic rings. The van der Waals surface area contributed by atoms with Gasteiger partial charge in [-0.15, -0.1) is 0 Å². The predicted molar refractivity (Wildman–Crippen MR) is 50.4 cm³/mol. The Morgan fingerprint density at radius 1 is 1.64 bits per heavy atom. The second kappa shape index (κ2) is 3.79. The van der Waals surface area contributed by atoms with E-state index in [4.69, 9.17) is 5.11 Å². The molecule has 1 aromatic heterocycles. The number of hydrogen-bond acceptors (Lipinski definition) is 3. The van der Waals surface area contributed by atoms with Gasteiger partial charge in [-0.2, -0.15) is 0 Å². The van der Waals surface area contributed by atoms with Crippen LogP contribution in [0.2, 0.25) is 0 Å². The molecular formula is C9H14N2O3. The highest BCUT2D eigenvalue weighted by Gasteiger charge is 2.19. The third kappa shape index (κ3) is 1.63. The quantitative estimate of drug-likeness (QED) is 0.751. The molecule has 0 fully saturated rings. The molecular weight excluding hydrogens is 184 g/mol. The number of carbonyl (C=O) groups is 1. The van der Waals surface area contributed by atoms with Crippen molar-refractivity contribution in [3.63, 3.8) is 0 Å². The Labute approximate surface area is 82.0 Å². The van der Waals surface area contributed by atoms with Crippen molar-refractivity contribution in [2.24, 2.45) is 0 Å². The summed E-state index contributed by atoms with van der Waals surface area (Å²) in [6.45, 7) is 5.04. The summed E-state index contributed by atoms with van der Waals surface area (Å²) >= 11 is 0. The highest BCUT2D eigenvalue weighted by molar-refractivity contribution is 5.70. The highest BCUT2D eigenvalue weighted by atomic mass is 16.4. The molecule has 2 N–H and O–H groups in total. The van der Waals surface area contributed by atoms with Crippen molar-refractivity contribution in [2.45, 2.75) is 33.3 Å². The van der Waals surface area contributed by atoms with Crippen LogP contribution in [0.25, 0.3) is 0 Å². The van der Waals surface area contributed by atoms with Gasteiger partial charge in [-0.05, 0) is 13.8 Å². The molecule has 1 unspecified atom stereocenters. The molecule has 5 nitrogen and oxygen atoms in total. The van der Waals surface area contributed by atoms with Gasteiger partial charge < -0.3 is 10.2 Å². The molecule has 0 aliphatic heterocycles. The van der Waals surface area contributed by atoms with Gasteiger partial charge in [0.1, 0.15) is 5.82 Å². The molecule has 1 atom stereocenters. The van der Waals surface area contributed by atoms with Crippen molar-refractivity contribution < 1.29 is 15.0 Å². The van der Waals surface area contributed by atoms with Crippen LogP contribution in [0.15, 0.2) is 0 Å². The average Bonchev–Trinajstić information content (AvgIpc) is 2.42. The SMILES string of the molecule is CCc1nc(C(C)O)c(C)n1C(=O)O. The maximum Gasteiger partial charge on any atom is 0.417 e. The Kier molecular flexibility index (Phi) is 2.90. The van der Waals surface area contributed by atoms with E-state index in [0.29, 0.717) is 23.6 Å². The molecule has 0 saturated carbocycles. The van der Waals surface area contributed by atoms with Crippen LogP contribution in [0.3, 0.4) is 0 Å². The molecule has 0 aliphatic rings. The van der Waals surface area contributed by atoms with E-state index >= 15 is 0 Å². The fraction of sp³-hybridized carbons (Fsp3) is 0.556. The molecule has 0 amide bonds. The first-order valence-corrected chi connectivity index (χ1v) is 4.48. The lowest BCUT2D eigenvalue weighted by atomic mass is 10.2. The number of imidazole rings is 1. The van der Waals surface area contributed by atoms with Crippen LogP contribution in [0, 0.1) is 6.92 Å². The van der Waals surface area contributed by atoms with Crippen LogP contribution in [0.1, 0.15) is 37.2 Å². The number of aliphatic hydroxyl groups excluding tert-OH is 1. The maximum absolute atomic E-state index is 10.9. The number of carboxylic acid groups (broad SMARTS) is 1. The minimum Gasteiger partial charge on any atom is -0.464 e. The normalized spacial score (nSPS) is 12.9. The predicted octanol–water partition coefficient (Wildman–Crippen LogP) is 1.33. The second-order valence-electron chi connectivity index (χ2n) is 3.15. The first-order chi connectivity index (χ1) is 6.49. The molecule has 0 spiro atoms. The lowest BCUT2D eigenvalue weighted by Crippen LogP contribution is -2.13. The zero-order chi connectivity index (χ0) is 10.9. The molecule has 5 heteroatoms. The van der Waals surface area contributed by atoms with Gasteiger partial charge in [-0.25, -0.2) is 14.3 Å². The summed E-state index contributed by atoms with van der Waals surface area (Å²) < 4.78 is 1.11. The van der Waals surface area contributed by atoms with Gasteiger partial charge in [0.05, 0.1) is 17.5 Å². The van der Waals surface area contributed by atoms with Gasteiger partial charge in [0.15, 0.2) is 0 Å². The molecule has 1 heterocycles. The Bertz CT molecular complexity index is 355. The van der Waals surface area contributed by atoms with E-state index in [1.807, 2.05) is 6.92 Å². The van der Waals surface area contributed by atoms with Crippen LogP contribution in [0.5, 0.6) is 0 Å². The Morgan fingerprint density at radius 2 is 2.21 bits per heavy atom. The number of aromatic nitrogens is 2. The Balaban J connectivity index is 3.33. The number of nitrogens with zero attached hydrogens (tertiary/aromatic N) is 2. The third-order valence-corrected chi connectivity index (χ3v) is 2.12. The largest absolute Gasteiger partial charge is 0.464 e. The maximum atomic E-state index is 10.9. The first-order valence-electron chi connectivity index (χ1n) is 4.48. The van der Waals surface area contributed by atoms with E-state index in [1.165, 1.54) is 0 Å². The van der Waals surface area contributed by atoms with Crippen molar-refractivity contribution in [3.05, 3.63) is 17.2 Å². The molecule has 0 bridgehead atoms. The fourth-order valence-corrected chi connectivity index (χ4v) is 1.46. The number of hydrogen-bond donors (Lipinski definition) is 2. The zero-order valence-corrected chi connectivity index (χ0v) is 8.48. The minimum atomic E-state index is -1.06. The molecule has 0 saturated heterocycles. The summed E-state index contributed by atoms with van der Waals surface area (Å²) in [4.78, 5) is 15.0. The highest BCUT2D eigenvalue weighted by Crippen LogP contribution is 2.18. The minimum absolute atomic E-state index is 0.434. The van der Waals surface area contributed by atoms with E-state index in [1.54, 1.807) is 13.8 Å². The van der Waals surface area contributed by atoms with Crippen LogP contribution in [-0.2, 0) is 6.42 Å². The lowest BCUT2D eigenvalue weighted by molar-refractivity contribution is 0.191. The van der Waals surface area contributed by atoms with Crippen LogP contribution >= 0.6 is 0 Å². The summed E-state index contributed by atoms with van der Waals surface area (Å²) in [7, 11) is 0. The van der Waals surface area contributed by atoms with Crippen molar-refractivity contribution in [2.75, 3.05) is 0 Å².